The van der Waals surface area contributed by atoms with Crippen LogP contribution < -0.4 is 5.32 Å². The van der Waals surface area contributed by atoms with Crippen molar-refractivity contribution in [1.29, 1.82) is 0 Å². The molecule has 1 N–H and O–H groups in total. The highest BCUT2D eigenvalue weighted by molar-refractivity contribution is 7.12. The summed E-state index contributed by atoms with van der Waals surface area (Å²) in [6, 6.07) is 9.13. The summed E-state index contributed by atoms with van der Waals surface area (Å²) in [6.45, 7) is 3.50. The van der Waals surface area contributed by atoms with E-state index in [1.54, 1.807) is 12.1 Å². The van der Waals surface area contributed by atoms with Gasteiger partial charge in [-0.1, -0.05) is 12.1 Å². The molecule has 2 heterocycles. The highest BCUT2D eigenvalue weighted by atomic mass is 32.1. The molecular weight excluding hydrogens is 296 g/mol. The monoisotopic (exact) mass is 314 g/mol. The summed E-state index contributed by atoms with van der Waals surface area (Å²) < 4.78 is 0. The number of rotatable bonds is 3. The van der Waals surface area contributed by atoms with Gasteiger partial charge in [-0.25, -0.2) is 0 Å². The first-order valence-electron chi connectivity index (χ1n) is 7.40. The number of nitrogens with one attached hydrogen (secondary N) is 1. The molecule has 0 atom stereocenters. The SMILES string of the molecule is Cc1ccsc1C(=O)Nc1ccccc1C(=O)N1CCCC1. The molecule has 2 aromatic rings. The number of hydrogen-bond donors (Lipinski definition) is 1. The van der Waals surface area contributed by atoms with Crippen molar-refractivity contribution in [3.63, 3.8) is 0 Å². The van der Waals surface area contributed by atoms with Crippen LogP contribution in [0.3, 0.4) is 0 Å². The van der Waals surface area contributed by atoms with Crippen molar-refractivity contribution in [3.8, 4) is 0 Å². The summed E-state index contributed by atoms with van der Waals surface area (Å²) in [4.78, 5) is 27.5. The third-order valence-electron chi connectivity index (χ3n) is 3.87. The normalized spacial score (nSPS) is 14.1. The van der Waals surface area contributed by atoms with Crippen LogP contribution in [-0.2, 0) is 0 Å². The Morgan fingerprint density at radius 2 is 1.86 bits per heavy atom. The van der Waals surface area contributed by atoms with E-state index in [-0.39, 0.29) is 11.8 Å². The van der Waals surface area contributed by atoms with Gasteiger partial charge in [0, 0.05) is 13.1 Å². The Morgan fingerprint density at radius 1 is 1.14 bits per heavy atom. The smallest absolute Gasteiger partial charge is 0.266 e. The van der Waals surface area contributed by atoms with Crippen molar-refractivity contribution in [2.24, 2.45) is 0 Å². The predicted octanol–water partition coefficient (Wildman–Crippen LogP) is 3.54. The molecule has 0 radical (unpaired) electrons. The van der Waals surface area contributed by atoms with E-state index in [0.717, 1.165) is 31.5 Å². The second-order valence-electron chi connectivity index (χ2n) is 5.43. The second-order valence-corrected chi connectivity index (χ2v) is 6.35. The molecule has 2 amide bonds. The van der Waals surface area contributed by atoms with Crippen LogP contribution in [0.25, 0.3) is 0 Å². The number of likely N-dealkylation sites (tertiary alicyclic amines) is 1. The van der Waals surface area contributed by atoms with Gasteiger partial charge in [-0.3, -0.25) is 9.59 Å². The van der Waals surface area contributed by atoms with Gasteiger partial charge in [-0.05, 0) is 48.9 Å². The van der Waals surface area contributed by atoms with E-state index in [1.807, 2.05) is 35.4 Å². The minimum absolute atomic E-state index is 0.00342. The molecule has 4 nitrogen and oxygen atoms in total. The Labute approximate surface area is 133 Å². The number of thiophene rings is 1. The first-order valence-corrected chi connectivity index (χ1v) is 8.28. The summed E-state index contributed by atoms with van der Waals surface area (Å²) in [7, 11) is 0. The van der Waals surface area contributed by atoms with Gasteiger partial charge in [-0.2, -0.15) is 0 Å². The minimum Gasteiger partial charge on any atom is -0.339 e. The maximum Gasteiger partial charge on any atom is 0.266 e. The van der Waals surface area contributed by atoms with Gasteiger partial charge in [0.25, 0.3) is 11.8 Å². The van der Waals surface area contributed by atoms with Crippen molar-refractivity contribution >= 4 is 28.8 Å². The fourth-order valence-corrected chi connectivity index (χ4v) is 3.47. The molecule has 1 saturated heterocycles. The molecule has 0 spiro atoms. The zero-order chi connectivity index (χ0) is 15.5. The fourth-order valence-electron chi connectivity index (χ4n) is 2.65. The summed E-state index contributed by atoms with van der Waals surface area (Å²) >= 11 is 1.41. The van der Waals surface area contributed by atoms with Crippen LogP contribution in [0.4, 0.5) is 5.69 Å². The third kappa shape index (κ3) is 2.90. The standard InChI is InChI=1S/C17H18N2O2S/c1-12-8-11-22-15(12)16(20)18-14-7-3-2-6-13(14)17(21)19-9-4-5-10-19/h2-3,6-8,11H,4-5,9-10H2,1H3,(H,18,20). The average molecular weight is 314 g/mol. The number of para-hydroxylation sites is 1. The number of nitrogens with zero attached hydrogens (tertiary/aromatic N) is 1. The summed E-state index contributed by atoms with van der Waals surface area (Å²) in [5.41, 5.74) is 2.09. The van der Waals surface area contributed by atoms with Gasteiger partial charge >= 0.3 is 0 Å². The zero-order valence-corrected chi connectivity index (χ0v) is 13.3. The van der Waals surface area contributed by atoms with Gasteiger partial charge in [0.15, 0.2) is 0 Å². The molecule has 1 aromatic carbocycles. The van der Waals surface area contributed by atoms with Gasteiger partial charge in [0.2, 0.25) is 0 Å². The first kappa shape index (κ1) is 14.8. The molecule has 3 rings (SSSR count). The number of hydrogen-bond acceptors (Lipinski definition) is 3. The van der Waals surface area contributed by atoms with E-state index in [4.69, 9.17) is 0 Å². The van der Waals surface area contributed by atoms with Gasteiger partial charge in [0.05, 0.1) is 16.1 Å². The lowest BCUT2D eigenvalue weighted by atomic mass is 10.1. The maximum absolute atomic E-state index is 12.6. The number of anilines is 1. The molecule has 1 fully saturated rings. The van der Waals surface area contributed by atoms with Crippen LogP contribution in [0, 0.1) is 6.92 Å². The average Bonchev–Trinajstić information content (AvgIpc) is 3.18. The summed E-state index contributed by atoms with van der Waals surface area (Å²) in [5, 5.41) is 4.78. The molecule has 0 unspecified atom stereocenters. The molecular formula is C17H18N2O2S. The minimum atomic E-state index is -0.158. The van der Waals surface area contributed by atoms with E-state index in [2.05, 4.69) is 5.32 Å². The van der Waals surface area contributed by atoms with Gasteiger partial charge in [-0.15, -0.1) is 11.3 Å². The van der Waals surface area contributed by atoms with Crippen molar-refractivity contribution in [2.75, 3.05) is 18.4 Å². The zero-order valence-electron chi connectivity index (χ0n) is 12.5. The second kappa shape index (κ2) is 6.32. The largest absolute Gasteiger partial charge is 0.339 e. The summed E-state index contributed by atoms with van der Waals surface area (Å²) in [6.07, 6.45) is 2.10. The Kier molecular flexibility index (Phi) is 4.24. The molecule has 0 aliphatic carbocycles. The molecule has 1 aliphatic heterocycles. The van der Waals surface area contributed by atoms with Crippen molar-refractivity contribution in [2.45, 2.75) is 19.8 Å². The van der Waals surface area contributed by atoms with Crippen molar-refractivity contribution < 1.29 is 9.59 Å². The molecule has 5 heteroatoms. The van der Waals surface area contributed by atoms with Gasteiger partial charge in [0.1, 0.15) is 0 Å². The van der Waals surface area contributed by atoms with Crippen molar-refractivity contribution in [3.05, 3.63) is 51.7 Å². The quantitative estimate of drug-likeness (QED) is 0.942. The molecule has 1 aromatic heterocycles. The number of carbonyl (C=O) groups excluding carboxylic acids is 2. The molecule has 1 aliphatic rings. The Balaban J connectivity index is 1.83. The van der Waals surface area contributed by atoms with E-state index < -0.39 is 0 Å². The molecule has 22 heavy (non-hydrogen) atoms. The van der Waals surface area contributed by atoms with E-state index in [1.165, 1.54) is 11.3 Å². The molecule has 0 bridgehead atoms. The lowest BCUT2D eigenvalue weighted by Crippen LogP contribution is -2.28. The van der Waals surface area contributed by atoms with E-state index in [9.17, 15) is 9.59 Å². The van der Waals surface area contributed by atoms with Crippen LogP contribution in [0.1, 0.15) is 38.4 Å². The maximum atomic E-state index is 12.6. The Morgan fingerprint density at radius 3 is 2.55 bits per heavy atom. The van der Waals surface area contributed by atoms with E-state index in [0.29, 0.717) is 16.1 Å². The highest BCUT2D eigenvalue weighted by Crippen LogP contribution is 2.22. The highest BCUT2D eigenvalue weighted by Gasteiger charge is 2.22. The predicted molar refractivity (Wildman–Crippen MR) is 88.6 cm³/mol. The topological polar surface area (TPSA) is 49.4 Å². The number of benzene rings is 1. The van der Waals surface area contributed by atoms with Crippen LogP contribution >= 0.6 is 11.3 Å². The third-order valence-corrected chi connectivity index (χ3v) is 4.88. The number of aryl methyl sites for hydroxylation is 1. The lowest BCUT2D eigenvalue weighted by Gasteiger charge is -2.17. The Bertz CT molecular complexity index is 702. The first-order chi connectivity index (χ1) is 10.7. The molecule has 114 valence electrons. The van der Waals surface area contributed by atoms with Gasteiger partial charge < -0.3 is 10.2 Å². The lowest BCUT2D eigenvalue weighted by molar-refractivity contribution is 0.0794. The van der Waals surface area contributed by atoms with Crippen LogP contribution in [0.5, 0.6) is 0 Å². The number of amides is 2. The van der Waals surface area contributed by atoms with E-state index >= 15 is 0 Å². The number of carbonyl (C=O) groups is 2. The van der Waals surface area contributed by atoms with Crippen molar-refractivity contribution in [1.82, 2.24) is 4.90 Å². The fraction of sp³-hybridized carbons (Fsp3) is 0.294. The van der Waals surface area contributed by atoms with Crippen LogP contribution in [0.15, 0.2) is 35.7 Å². The molecule has 0 saturated carbocycles. The van der Waals surface area contributed by atoms with Crippen LogP contribution in [-0.4, -0.2) is 29.8 Å². The summed E-state index contributed by atoms with van der Waals surface area (Å²) in [5.74, 6) is -0.162. The Hall–Kier alpha value is -2.14. The van der Waals surface area contributed by atoms with Crippen LogP contribution in [0.2, 0.25) is 0 Å².